The molecule has 6 heteroatoms. The van der Waals surface area contributed by atoms with Crippen LogP contribution in [0.5, 0.6) is 0 Å². The zero-order valence-corrected chi connectivity index (χ0v) is 13.7. The third kappa shape index (κ3) is 3.85. The summed E-state index contributed by atoms with van der Waals surface area (Å²) in [6, 6.07) is 12.2. The van der Waals surface area contributed by atoms with Crippen molar-refractivity contribution in [1.29, 1.82) is 0 Å². The fourth-order valence-corrected chi connectivity index (χ4v) is 2.59. The van der Waals surface area contributed by atoms with Gasteiger partial charge >= 0.3 is 11.8 Å². The summed E-state index contributed by atoms with van der Waals surface area (Å²) in [5.41, 5.74) is 2.82. The van der Waals surface area contributed by atoms with Gasteiger partial charge in [-0.3, -0.25) is 9.59 Å². The number of halogens is 1. The lowest BCUT2D eigenvalue weighted by molar-refractivity contribution is -0.136. The van der Waals surface area contributed by atoms with Crippen molar-refractivity contribution in [2.45, 2.75) is 13.3 Å². The molecule has 0 saturated carbocycles. The number of carbonyl (C=O) groups is 2. The number of hydrogen-bond donors (Lipinski definition) is 3. The van der Waals surface area contributed by atoms with Crippen molar-refractivity contribution in [1.82, 2.24) is 10.3 Å². The number of aromatic amines is 1. The van der Waals surface area contributed by atoms with E-state index in [2.05, 4.69) is 15.6 Å². The summed E-state index contributed by atoms with van der Waals surface area (Å²) in [5.74, 6) is -2.00. The van der Waals surface area contributed by atoms with Crippen LogP contribution in [0.25, 0.3) is 10.9 Å². The molecule has 0 aliphatic heterocycles. The zero-order valence-electron chi connectivity index (χ0n) is 13.7. The van der Waals surface area contributed by atoms with Crippen LogP contribution in [0.15, 0.2) is 48.7 Å². The van der Waals surface area contributed by atoms with Crippen molar-refractivity contribution in [2.75, 3.05) is 11.9 Å². The molecule has 2 amide bonds. The van der Waals surface area contributed by atoms with Crippen LogP contribution in [0.4, 0.5) is 10.1 Å². The summed E-state index contributed by atoms with van der Waals surface area (Å²) in [7, 11) is 0. The molecule has 3 aromatic rings. The molecular formula is C19H18FN3O2. The molecule has 1 heterocycles. The second kappa shape index (κ2) is 7.17. The Hall–Kier alpha value is -3.15. The van der Waals surface area contributed by atoms with Gasteiger partial charge in [0.15, 0.2) is 0 Å². The molecule has 5 nitrogen and oxygen atoms in total. The molecule has 1 aromatic heterocycles. The van der Waals surface area contributed by atoms with Gasteiger partial charge in [-0.25, -0.2) is 4.39 Å². The van der Waals surface area contributed by atoms with E-state index in [4.69, 9.17) is 0 Å². The minimum atomic E-state index is -0.817. The summed E-state index contributed by atoms with van der Waals surface area (Å²) < 4.78 is 13.5. The van der Waals surface area contributed by atoms with Crippen molar-refractivity contribution in [3.63, 3.8) is 0 Å². The van der Waals surface area contributed by atoms with Crippen molar-refractivity contribution < 1.29 is 14.0 Å². The number of benzene rings is 2. The van der Waals surface area contributed by atoms with E-state index < -0.39 is 17.6 Å². The van der Waals surface area contributed by atoms with Gasteiger partial charge in [0.25, 0.3) is 0 Å². The quantitative estimate of drug-likeness (QED) is 0.640. The molecule has 0 bridgehead atoms. The van der Waals surface area contributed by atoms with E-state index >= 15 is 0 Å². The Labute approximate surface area is 144 Å². The highest BCUT2D eigenvalue weighted by atomic mass is 19.1. The maximum Gasteiger partial charge on any atom is 0.313 e. The van der Waals surface area contributed by atoms with Crippen molar-refractivity contribution in [2.24, 2.45) is 0 Å². The van der Waals surface area contributed by atoms with Crippen molar-refractivity contribution in [3.8, 4) is 0 Å². The largest absolute Gasteiger partial charge is 0.361 e. The second-order valence-electron chi connectivity index (χ2n) is 5.78. The summed E-state index contributed by atoms with van der Waals surface area (Å²) in [4.78, 5) is 26.9. The van der Waals surface area contributed by atoms with Gasteiger partial charge in [0.05, 0.1) is 0 Å². The Kier molecular flexibility index (Phi) is 4.79. The molecule has 0 radical (unpaired) electrons. The molecule has 0 aliphatic rings. The van der Waals surface area contributed by atoms with E-state index in [1.54, 1.807) is 19.1 Å². The highest BCUT2D eigenvalue weighted by molar-refractivity contribution is 6.39. The Morgan fingerprint density at radius 2 is 1.92 bits per heavy atom. The number of rotatable bonds is 4. The average molecular weight is 339 g/mol. The maximum absolute atomic E-state index is 13.5. The van der Waals surface area contributed by atoms with Gasteiger partial charge in [-0.1, -0.05) is 24.3 Å². The lowest BCUT2D eigenvalue weighted by Crippen LogP contribution is -2.36. The molecule has 0 saturated heterocycles. The number of nitrogens with one attached hydrogen (secondary N) is 3. The van der Waals surface area contributed by atoms with Crippen LogP contribution in [0.3, 0.4) is 0 Å². The zero-order chi connectivity index (χ0) is 17.8. The highest BCUT2D eigenvalue weighted by Crippen LogP contribution is 2.17. The molecule has 0 aliphatic carbocycles. The van der Waals surface area contributed by atoms with Crippen molar-refractivity contribution in [3.05, 3.63) is 65.6 Å². The Balaban J connectivity index is 1.53. The monoisotopic (exact) mass is 339 g/mol. The van der Waals surface area contributed by atoms with Gasteiger partial charge in [-0.15, -0.1) is 0 Å². The Morgan fingerprint density at radius 1 is 1.12 bits per heavy atom. The Morgan fingerprint density at radius 3 is 2.72 bits per heavy atom. The van der Waals surface area contributed by atoms with Gasteiger partial charge in [0, 0.05) is 29.3 Å². The number of hydrogen-bond acceptors (Lipinski definition) is 2. The van der Waals surface area contributed by atoms with Gasteiger partial charge in [-0.05, 0) is 42.7 Å². The summed E-state index contributed by atoms with van der Waals surface area (Å²) in [5, 5.41) is 6.05. The number of fused-ring (bicyclic) bond motifs is 1. The highest BCUT2D eigenvalue weighted by Gasteiger charge is 2.14. The average Bonchev–Trinajstić information content (AvgIpc) is 3.01. The van der Waals surface area contributed by atoms with Crippen LogP contribution < -0.4 is 10.6 Å². The van der Waals surface area contributed by atoms with Gasteiger partial charge in [0.2, 0.25) is 0 Å². The fraction of sp³-hybridized carbons (Fsp3) is 0.158. The third-order valence-corrected chi connectivity index (χ3v) is 3.99. The van der Waals surface area contributed by atoms with E-state index in [1.807, 2.05) is 30.5 Å². The summed E-state index contributed by atoms with van der Waals surface area (Å²) in [6.07, 6.45) is 2.49. The van der Waals surface area contributed by atoms with Crippen molar-refractivity contribution >= 4 is 28.4 Å². The minimum Gasteiger partial charge on any atom is -0.361 e. The number of aryl methyl sites for hydroxylation is 1. The molecule has 0 spiro atoms. The number of carbonyl (C=O) groups excluding carboxylic acids is 2. The molecule has 2 aromatic carbocycles. The molecule has 3 rings (SSSR count). The van der Waals surface area contributed by atoms with Crippen LogP contribution in [-0.4, -0.2) is 23.3 Å². The fourth-order valence-electron chi connectivity index (χ4n) is 2.59. The van der Waals surface area contributed by atoms with E-state index in [0.29, 0.717) is 18.5 Å². The standard InChI is InChI=1S/C19H18FN3O2/c1-12-6-7-14(10-16(12)20)23-19(25)18(24)21-9-8-13-11-22-17-5-3-2-4-15(13)17/h2-7,10-11,22H,8-9H2,1H3,(H,21,24)(H,23,25). The normalized spacial score (nSPS) is 10.6. The summed E-state index contributed by atoms with van der Waals surface area (Å²) in [6.45, 7) is 1.95. The predicted octanol–water partition coefficient (Wildman–Crippen LogP) is 2.91. The lowest BCUT2D eigenvalue weighted by Gasteiger charge is -2.07. The molecule has 128 valence electrons. The van der Waals surface area contributed by atoms with Crippen LogP contribution in [-0.2, 0) is 16.0 Å². The van der Waals surface area contributed by atoms with E-state index in [9.17, 15) is 14.0 Å². The maximum atomic E-state index is 13.5. The topological polar surface area (TPSA) is 74.0 Å². The number of H-pyrrole nitrogens is 1. The predicted molar refractivity (Wildman–Crippen MR) is 94.8 cm³/mol. The first-order chi connectivity index (χ1) is 12.0. The number of amides is 2. The van der Waals surface area contributed by atoms with Crippen LogP contribution in [0, 0.1) is 12.7 Å². The van der Waals surface area contributed by atoms with E-state index in [-0.39, 0.29) is 5.69 Å². The minimum absolute atomic E-state index is 0.250. The van der Waals surface area contributed by atoms with Gasteiger partial charge in [0.1, 0.15) is 5.82 Å². The van der Waals surface area contributed by atoms with E-state index in [0.717, 1.165) is 16.5 Å². The Bertz CT molecular complexity index is 933. The second-order valence-corrected chi connectivity index (χ2v) is 5.78. The smallest absolute Gasteiger partial charge is 0.313 e. The number of anilines is 1. The first-order valence-electron chi connectivity index (χ1n) is 7.95. The van der Waals surface area contributed by atoms with Gasteiger partial charge < -0.3 is 15.6 Å². The number of para-hydroxylation sites is 1. The SMILES string of the molecule is Cc1ccc(NC(=O)C(=O)NCCc2c[nH]c3ccccc23)cc1F. The molecular weight excluding hydrogens is 321 g/mol. The van der Waals surface area contributed by atoms with E-state index in [1.165, 1.54) is 6.07 Å². The lowest BCUT2D eigenvalue weighted by atomic mass is 10.1. The molecule has 25 heavy (non-hydrogen) atoms. The molecule has 0 unspecified atom stereocenters. The molecule has 0 atom stereocenters. The first-order valence-corrected chi connectivity index (χ1v) is 7.95. The van der Waals surface area contributed by atoms with Crippen LogP contribution >= 0.6 is 0 Å². The van der Waals surface area contributed by atoms with Crippen LogP contribution in [0.1, 0.15) is 11.1 Å². The molecule has 3 N–H and O–H groups in total. The molecule has 0 fully saturated rings. The first kappa shape index (κ1) is 16.7. The van der Waals surface area contributed by atoms with Crippen LogP contribution in [0.2, 0.25) is 0 Å². The number of aromatic nitrogens is 1. The summed E-state index contributed by atoms with van der Waals surface area (Å²) >= 11 is 0. The third-order valence-electron chi connectivity index (χ3n) is 3.99. The van der Waals surface area contributed by atoms with Gasteiger partial charge in [-0.2, -0.15) is 0 Å².